The SMILES string of the molecule is CCCCc1cc(C)cc(CCCC)c1N=C(C)c1cc(C)cc(C(C)=Nc2c(CCCC)cc(C)cc2CCCC)n1.[Cl-].[Cl-].[Cl-].[V+3]. The van der Waals surface area contributed by atoms with Crippen LogP contribution in [-0.4, -0.2) is 16.4 Å². The zero-order valence-corrected chi connectivity index (χ0v) is 34.0. The molecule has 1 heterocycles. The number of unbranched alkanes of at least 4 members (excludes halogenated alkanes) is 4. The fourth-order valence-corrected chi connectivity index (χ4v) is 5.87. The molecule has 0 aliphatic heterocycles. The van der Waals surface area contributed by atoms with Crippen molar-refractivity contribution in [1.82, 2.24) is 4.98 Å². The number of nitrogens with zero attached hydrogens (tertiary/aromatic N) is 3. The van der Waals surface area contributed by atoms with Crippen molar-refractivity contribution in [3.05, 3.63) is 86.7 Å². The Kier molecular flexibility index (Phi) is 24.8. The fraction of sp³-hybridized carbons (Fsp3) is 0.525. The molecule has 1 aromatic heterocycles. The second-order valence-corrected chi connectivity index (χ2v) is 12.6. The Morgan fingerprint density at radius 3 is 1.00 bits per heavy atom. The number of aryl methyl sites for hydroxylation is 7. The van der Waals surface area contributed by atoms with Crippen LogP contribution in [0.3, 0.4) is 0 Å². The molecule has 7 heteroatoms. The molecule has 0 aliphatic rings. The first kappa shape index (κ1) is 47.5. The predicted molar refractivity (Wildman–Crippen MR) is 190 cm³/mol. The van der Waals surface area contributed by atoms with Gasteiger partial charge in [0.15, 0.2) is 0 Å². The van der Waals surface area contributed by atoms with E-state index in [-0.39, 0.29) is 55.8 Å². The number of aliphatic imine (C=N–C) groups is 2. The summed E-state index contributed by atoms with van der Waals surface area (Å²) >= 11 is 0. The van der Waals surface area contributed by atoms with Crippen LogP contribution in [0.15, 0.2) is 46.4 Å². The van der Waals surface area contributed by atoms with E-state index in [0.29, 0.717) is 0 Å². The third-order valence-electron chi connectivity index (χ3n) is 8.29. The number of rotatable bonds is 16. The Morgan fingerprint density at radius 2 is 0.745 bits per heavy atom. The van der Waals surface area contributed by atoms with E-state index in [1.54, 1.807) is 0 Å². The van der Waals surface area contributed by atoms with Crippen molar-refractivity contribution in [2.75, 3.05) is 0 Å². The van der Waals surface area contributed by atoms with Crippen molar-refractivity contribution >= 4 is 22.8 Å². The Hall–Kier alpha value is -1.62. The van der Waals surface area contributed by atoms with Crippen LogP contribution in [0.4, 0.5) is 11.4 Å². The summed E-state index contributed by atoms with van der Waals surface area (Å²) in [5.41, 5.74) is 15.5. The smallest absolute Gasteiger partial charge is 1.00 e. The summed E-state index contributed by atoms with van der Waals surface area (Å²) in [6, 6.07) is 13.7. The molecule has 0 atom stereocenters. The monoisotopic (exact) mass is 735 g/mol. The van der Waals surface area contributed by atoms with Gasteiger partial charge in [-0.3, -0.25) is 9.98 Å². The molecule has 0 spiro atoms. The Labute approximate surface area is 317 Å². The van der Waals surface area contributed by atoms with Crippen molar-refractivity contribution in [2.24, 2.45) is 9.98 Å². The number of hydrogen-bond acceptors (Lipinski definition) is 3. The number of pyridine rings is 1. The molecule has 0 bridgehead atoms. The van der Waals surface area contributed by atoms with Crippen LogP contribution >= 0.6 is 0 Å². The maximum atomic E-state index is 5.32. The molecule has 0 unspecified atom stereocenters. The third kappa shape index (κ3) is 14.4. The van der Waals surface area contributed by atoms with E-state index in [0.717, 1.165) is 48.5 Å². The topological polar surface area (TPSA) is 37.6 Å². The van der Waals surface area contributed by atoms with Gasteiger partial charge in [-0.25, -0.2) is 4.98 Å². The molecular weight excluding hydrogens is 680 g/mol. The average Bonchev–Trinajstić information content (AvgIpc) is 2.98. The first-order valence-electron chi connectivity index (χ1n) is 17.0. The average molecular weight is 737 g/mol. The minimum atomic E-state index is 0. The molecule has 0 saturated heterocycles. The molecule has 2 aromatic carbocycles. The molecule has 3 nitrogen and oxygen atoms in total. The van der Waals surface area contributed by atoms with Crippen LogP contribution in [0, 0.1) is 20.8 Å². The van der Waals surface area contributed by atoms with Crippen LogP contribution in [0.2, 0.25) is 0 Å². The van der Waals surface area contributed by atoms with E-state index < -0.39 is 0 Å². The molecule has 3 aromatic rings. The summed E-state index contributed by atoms with van der Waals surface area (Å²) in [5.74, 6) is 0. The molecule has 0 amide bonds. The molecule has 0 radical (unpaired) electrons. The summed E-state index contributed by atoms with van der Waals surface area (Å²) < 4.78 is 0. The van der Waals surface area contributed by atoms with Crippen molar-refractivity contribution in [3.63, 3.8) is 0 Å². The van der Waals surface area contributed by atoms with Crippen LogP contribution in [-0.2, 0) is 44.2 Å². The molecule has 0 saturated carbocycles. The van der Waals surface area contributed by atoms with Crippen LogP contribution in [0.5, 0.6) is 0 Å². The second kappa shape index (κ2) is 24.5. The number of aromatic nitrogens is 1. The Morgan fingerprint density at radius 1 is 0.489 bits per heavy atom. The van der Waals surface area contributed by atoms with Crippen molar-refractivity contribution in [2.45, 2.75) is 139 Å². The van der Waals surface area contributed by atoms with Gasteiger partial charge in [-0.05, 0) is 126 Å². The summed E-state index contributed by atoms with van der Waals surface area (Å²) in [6.07, 6.45) is 13.7. The van der Waals surface area contributed by atoms with E-state index in [4.69, 9.17) is 15.0 Å². The predicted octanol–water partition coefficient (Wildman–Crippen LogP) is 2.67. The first-order chi connectivity index (χ1) is 20.7. The van der Waals surface area contributed by atoms with Gasteiger partial charge in [-0.1, -0.05) is 88.8 Å². The molecule has 258 valence electrons. The number of halogens is 3. The second-order valence-electron chi connectivity index (χ2n) is 12.6. The standard InChI is InChI=1S/C40H57N3.3ClH.V/c1-10-14-18-33-22-28(5)23-34(19-15-11-2)39(33)41-31(8)37-26-30(7)27-38(43-37)32(9)42-40-35(20-16-12-3)24-29(6)25-36(40)21-17-13-4;;;;/h22-27H,10-21H2,1-9H3;3*1H;/q;;;;+3/p-3. The minimum Gasteiger partial charge on any atom is -1.00 e. The van der Waals surface area contributed by atoms with Crippen LogP contribution in [0.1, 0.15) is 143 Å². The summed E-state index contributed by atoms with van der Waals surface area (Å²) in [5, 5.41) is 0. The van der Waals surface area contributed by atoms with E-state index in [1.807, 2.05) is 0 Å². The van der Waals surface area contributed by atoms with Gasteiger partial charge in [-0.15, -0.1) is 0 Å². The number of benzene rings is 2. The van der Waals surface area contributed by atoms with E-state index in [2.05, 4.69) is 98.7 Å². The molecule has 0 aliphatic carbocycles. The van der Waals surface area contributed by atoms with Gasteiger partial charge in [0.25, 0.3) is 0 Å². The van der Waals surface area contributed by atoms with Gasteiger partial charge in [0.2, 0.25) is 0 Å². The fourth-order valence-electron chi connectivity index (χ4n) is 5.87. The van der Waals surface area contributed by atoms with Gasteiger partial charge in [0, 0.05) is 0 Å². The molecule has 0 fully saturated rings. The summed E-state index contributed by atoms with van der Waals surface area (Å²) in [4.78, 5) is 15.8. The van der Waals surface area contributed by atoms with Gasteiger partial charge in [0.1, 0.15) is 0 Å². The Balaban J connectivity index is 0. The van der Waals surface area contributed by atoms with Crippen LogP contribution in [0.25, 0.3) is 0 Å². The normalized spacial score (nSPS) is 11.3. The zero-order valence-electron chi connectivity index (χ0n) is 30.4. The van der Waals surface area contributed by atoms with E-state index in [1.165, 1.54) is 102 Å². The molecular formula is C40H57Cl3N3V. The molecule has 47 heavy (non-hydrogen) atoms. The maximum absolute atomic E-state index is 5.32. The van der Waals surface area contributed by atoms with Crippen LogP contribution < -0.4 is 37.2 Å². The molecule has 0 N–H and O–H groups in total. The largest absolute Gasteiger partial charge is 3.00 e. The van der Waals surface area contributed by atoms with Crippen molar-refractivity contribution in [3.8, 4) is 0 Å². The van der Waals surface area contributed by atoms with Crippen molar-refractivity contribution < 1.29 is 55.8 Å². The maximum Gasteiger partial charge on any atom is 3.00 e. The Bertz CT molecular complexity index is 1270. The quantitative estimate of drug-likeness (QED) is 0.209. The van der Waals surface area contributed by atoms with E-state index >= 15 is 0 Å². The molecule has 3 rings (SSSR count). The van der Waals surface area contributed by atoms with Crippen molar-refractivity contribution in [1.29, 1.82) is 0 Å². The van der Waals surface area contributed by atoms with Gasteiger partial charge < -0.3 is 37.2 Å². The van der Waals surface area contributed by atoms with Gasteiger partial charge >= 0.3 is 18.6 Å². The number of hydrogen-bond donors (Lipinski definition) is 0. The summed E-state index contributed by atoms with van der Waals surface area (Å²) in [7, 11) is 0. The van der Waals surface area contributed by atoms with E-state index in [9.17, 15) is 0 Å². The van der Waals surface area contributed by atoms with Gasteiger partial charge in [0.05, 0.1) is 34.2 Å². The summed E-state index contributed by atoms with van der Waals surface area (Å²) in [6.45, 7) is 19.9. The minimum absolute atomic E-state index is 0. The van der Waals surface area contributed by atoms with Gasteiger partial charge in [-0.2, -0.15) is 0 Å². The first-order valence-corrected chi connectivity index (χ1v) is 17.0. The zero-order chi connectivity index (χ0) is 31.4. The third-order valence-corrected chi connectivity index (χ3v) is 8.29.